The minimum atomic E-state index is -0.998. The normalized spacial score (nSPS) is 15.5. The van der Waals surface area contributed by atoms with Gasteiger partial charge in [-0.15, -0.1) is 0 Å². The van der Waals surface area contributed by atoms with Crippen molar-refractivity contribution in [2.24, 2.45) is 0 Å². The van der Waals surface area contributed by atoms with Crippen LogP contribution in [-0.4, -0.2) is 48.1 Å². The van der Waals surface area contributed by atoms with Crippen molar-refractivity contribution in [2.75, 3.05) is 31.1 Å². The Labute approximate surface area is 128 Å². The summed E-state index contributed by atoms with van der Waals surface area (Å²) in [6.07, 6.45) is 2.64. The van der Waals surface area contributed by atoms with Gasteiger partial charge < -0.3 is 14.9 Å². The van der Waals surface area contributed by atoms with E-state index < -0.39 is 5.97 Å². The quantitative estimate of drug-likeness (QED) is 0.869. The van der Waals surface area contributed by atoms with Crippen molar-refractivity contribution in [1.29, 1.82) is 0 Å². The fraction of sp³-hybridized carbons (Fsp3) is 0.333. The molecular weight excluding hydrogens is 292 g/mol. The molecule has 0 aromatic heterocycles. The standard InChI is InChI=1S/C15H17ClN2O3/c1-11(19)17-6-8-18(9-7-17)14-4-3-13(16)10-12(14)2-5-15(20)21/h2-5,10H,6-9H2,1H3,(H,20,21)/b5-2+. The maximum atomic E-state index is 11.3. The van der Waals surface area contributed by atoms with Crippen LogP contribution < -0.4 is 4.90 Å². The number of anilines is 1. The fourth-order valence-corrected chi connectivity index (χ4v) is 2.55. The van der Waals surface area contributed by atoms with Crippen molar-refractivity contribution in [3.8, 4) is 0 Å². The lowest BCUT2D eigenvalue weighted by Crippen LogP contribution is -2.48. The molecule has 1 aliphatic rings. The molecule has 1 amide bonds. The third-order valence-corrected chi connectivity index (χ3v) is 3.70. The number of carboxylic acids is 1. The zero-order chi connectivity index (χ0) is 15.4. The predicted octanol–water partition coefficient (Wildman–Crippen LogP) is 2.11. The van der Waals surface area contributed by atoms with Crippen molar-refractivity contribution in [3.05, 3.63) is 34.9 Å². The van der Waals surface area contributed by atoms with Gasteiger partial charge in [0.05, 0.1) is 0 Å². The van der Waals surface area contributed by atoms with E-state index in [1.54, 1.807) is 30.0 Å². The molecule has 1 saturated heterocycles. The summed E-state index contributed by atoms with van der Waals surface area (Å²) in [6, 6.07) is 5.41. The van der Waals surface area contributed by atoms with E-state index in [0.717, 1.165) is 30.4 Å². The van der Waals surface area contributed by atoms with Gasteiger partial charge in [0.25, 0.3) is 0 Å². The van der Waals surface area contributed by atoms with E-state index >= 15 is 0 Å². The summed E-state index contributed by atoms with van der Waals surface area (Å²) >= 11 is 5.98. The molecule has 5 nitrogen and oxygen atoms in total. The van der Waals surface area contributed by atoms with Crippen LogP contribution in [0.3, 0.4) is 0 Å². The molecule has 1 aromatic carbocycles. The van der Waals surface area contributed by atoms with Gasteiger partial charge in [0.15, 0.2) is 0 Å². The number of carbonyl (C=O) groups is 2. The maximum absolute atomic E-state index is 11.3. The number of aliphatic carboxylic acids is 1. The molecule has 21 heavy (non-hydrogen) atoms. The predicted molar refractivity (Wildman–Crippen MR) is 82.6 cm³/mol. The van der Waals surface area contributed by atoms with Gasteiger partial charge in [-0.2, -0.15) is 0 Å². The van der Waals surface area contributed by atoms with Crippen molar-refractivity contribution in [3.63, 3.8) is 0 Å². The highest BCUT2D eigenvalue weighted by atomic mass is 35.5. The molecule has 112 valence electrons. The Morgan fingerprint density at radius 3 is 2.48 bits per heavy atom. The average Bonchev–Trinajstić information content (AvgIpc) is 2.45. The number of nitrogens with zero attached hydrogens (tertiary/aromatic N) is 2. The first-order valence-electron chi connectivity index (χ1n) is 6.68. The van der Waals surface area contributed by atoms with Crippen LogP contribution >= 0.6 is 11.6 Å². The molecular formula is C15H17ClN2O3. The molecule has 6 heteroatoms. The first-order valence-corrected chi connectivity index (χ1v) is 7.06. The second-order valence-corrected chi connectivity index (χ2v) is 5.30. The first kappa shape index (κ1) is 15.4. The van der Waals surface area contributed by atoms with Crippen LogP contribution in [0.4, 0.5) is 5.69 Å². The number of rotatable bonds is 3. The van der Waals surface area contributed by atoms with E-state index in [-0.39, 0.29) is 5.91 Å². The monoisotopic (exact) mass is 308 g/mol. The van der Waals surface area contributed by atoms with Gasteiger partial charge in [-0.1, -0.05) is 11.6 Å². The summed E-state index contributed by atoms with van der Waals surface area (Å²) in [6.45, 7) is 4.34. The molecule has 0 atom stereocenters. The Morgan fingerprint density at radius 1 is 1.24 bits per heavy atom. The van der Waals surface area contributed by atoms with Crippen LogP contribution in [0, 0.1) is 0 Å². The van der Waals surface area contributed by atoms with Crippen LogP contribution in [0.15, 0.2) is 24.3 Å². The van der Waals surface area contributed by atoms with Crippen molar-refractivity contribution in [1.82, 2.24) is 4.90 Å². The summed E-state index contributed by atoms with van der Waals surface area (Å²) < 4.78 is 0. The molecule has 1 heterocycles. The van der Waals surface area contributed by atoms with Crippen molar-refractivity contribution < 1.29 is 14.7 Å². The van der Waals surface area contributed by atoms with Gasteiger partial charge >= 0.3 is 5.97 Å². The minimum Gasteiger partial charge on any atom is -0.478 e. The number of carboxylic acid groups (broad SMARTS) is 1. The molecule has 0 bridgehead atoms. The summed E-state index contributed by atoms with van der Waals surface area (Å²) in [5, 5.41) is 9.32. The highest BCUT2D eigenvalue weighted by Gasteiger charge is 2.20. The van der Waals surface area contributed by atoms with Crippen LogP contribution in [0.1, 0.15) is 12.5 Å². The topological polar surface area (TPSA) is 60.9 Å². The maximum Gasteiger partial charge on any atom is 0.328 e. The van der Waals surface area contributed by atoms with Gasteiger partial charge in [0, 0.05) is 49.9 Å². The molecule has 0 spiro atoms. The number of hydrogen-bond acceptors (Lipinski definition) is 3. The van der Waals surface area contributed by atoms with Crippen molar-refractivity contribution >= 4 is 35.2 Å². The molecule has 2 rings (SSSR count). The molecule has 1 N–H and O–H groups in total. The lowest BCUT2D eigenvalue weighted by atomic mass is 10.1. The number of benzene rings is 1. The number of hydrogen-bond donors (Lipinski definition) is 1. The molecule has 0 aliphatic carbocycles. The Morgan fingerprint density at radius 2 is 1.90 bits per heavy atom. The van der Waals surface area contributed by atoms with Gasteiger partial charge in [-0.3, -0.25) is 4.79 Å². The minimum absolute atomic E-state index is 0.0803. The molecule has 0 saturated carbocycles. The molecule has 1 aromatic rings. The van der Waals surface area contributed by atoms with E-state index in [4.69, 9.17) is 16.7 Å². The SMILES string of the molecule is CC(=O)N1CCN(c2ccc(Cl)cc2/C=C/C(=O)O)CC1. The number of amides is 1. The second-order valence-electron chi connectivity index (χ2n) is 4.87. The van der Waals surface area contributed by atoms with Gasteiger partial charge in [0.2, 0.25) is 5.91 Å². The number of piperazine rings is 1. The highest BCUT2D eigenvalue weighted by molar-refractivity contribution is 6.30. The van der Waals surface area contributed by atoms with Crippen LogP contribution in [0.2, 0.25) is 5.02 Å². The van der Waals surface area contributed by atoms with Crippen LogP contribution in [0.25, 0.3) is 6.08 Å². The summed E-state index contributed by atoms with van der Waals surface area (Å²) in [7, 11) is 0. The number of halogens is 1. The lowest BCUT2D eigenvalue weighted by Gasteiger charge is -2.36. The lowest BCUT2D eigenvalue weighted by molar-refractivity contribution is -0.131. The molecule has 0 radical (unpaired) electrons. The molecule has 0 unspecified atom stereocenters. The van der Waals surface area contributed by atoms with E-state index in [1.807, 2.05) is 6.07 Å². The smallest absolute Gasteiger partial charge is 0.328 e. The third-order valence-electron chi connectivity index (χ3n) is 3.46. The van der Waals surface area contributed by atoms with Crippen molar-refractivity contribution in [2.45, 2.75) is 6.92 Å². The molecule has 1 fully saturated rings. The Bertz CT molecular complexity index is 578. The summed E-state index contributed by atoms with van der Waals surface area (Å²) in [5.41, 5.74) is 1.70. The van der Waals surface area contributed by atoms with E-state index in [2.05, 4.69) is 4.90 Å². The van der Waals surface area contributed by atoms with E-state index in [0.29, 0.717) is 18.1 Å². The van der Waals surface area contributed by atoms with E-state index in [1.165, 1.54) is 0 Å². The fourth-order valence-electron chi connectivity index (χ4n) is 2.37. The Kier molecular flexibility index (Phi) is 4.85. The summed E-state index contributed by atoms with van der Waals surface area (Å²) in [5.74, 6) is -0.918. The zero-order valence-electron chi connectivity index (χ0n) is 11.8. The average molecular weight is 309 g/mol. The van der Waals surface area contributed by atoms with Crippen LogP contribution in [-0.2, 0) is 9.59 Å². The third kappa shape index (κ3) is 3.98. The largest absolute Gasteiger partial charge is 0.478 e. The van der Waals surface area contributed by atoms with E-state index in [9.17, 15) is 9.59 Å². The zero-order valence-corrected chi connectivity index (χ0v) is 12.5. The molecule has 1 aliphatic heterocycles. The van der Waals surface area contributed by atoms with Gasteiger partial charge in [0.1, 0.15) is 0 Å². The Balaban J connectivity index is 2.20. The Hall–Kier alpha value is -2.01. The summed E-state index contributed by atoms with van der Waals surface area (Å²) in [4.78, 5) is 26.0. The van der Waals surface area contributed by atoms with Gasteiger partial charge in [-0.05, 0) is 29.8 Å². The number of carbonyl (C=O) groups excluding carboxylic acids is 1. The second kappa shape index (κ2) is 6.63. The van der Waals surface area contributed by atoms with Crippen LogP contribution in [0.5, 0.6) is 0 Å². The van der Waals surface area contributed by atoms with Gasteiger partial charge in [-0.25, -0.2) is 4.79 Å². The highest BCUT2D eigenvalue weighted by Crippen LogP contribution is 2.26. The first-order chi connectivity index (χ1) is 9.97.